The highest BCUT2D eigenvalue weighted by Crippen LogP contribution is 2.38. The van der Waals surface area contributed by atoms with Gasteiger partial charge in [0.2, 0.25) is 11.7 Å². The topological polar surface area (TPSA) is 85.5 Å². The lowest BCUT2D eigenvalue weighted by molar-refractivity contribution is -0.131. The number of benzene rings is 1. The third-order valence-corrected chi connectivity index (χ3v) is 3.05. The van der Waals surface area contributed by atoms with Crippen LogP contribution in [0, 0.1) is 0 Å². The van der Waals surface area contributed by atoms with Gasteiger partial charge in [-0.15, -0.1) is 0 Å². The van der Waals surface area contributed by atoms with E-state index >= 15 is 0 Å². The maximum absolute atomic E-state index is 10.5. The average Bonchev–Trinajstić information content (AvgIpc) is 3.22. The number of aromatic nitrogens is 2. The van der Waals surface area contributed by atoms with E-state index in [0.29, 0.717) is 23.4 Å². The van der Waals surface area contributed by atoms with Crippen molar-refractivity contribution in [2.45, 2.75) is 25.4 Å². The first-order valence-corrected chi connectivity index (χ1v) is 6.67. The number of carboxylic acid groups (broad SMARTS) is 1. The molecule has 1 fully saturated rings. The highest BCUT2D eigenvalue weighted by atomic mass is 16.5. The third kappa shape index (κ3) is 3.68. The summed E-state index contributed by atoms with van der Waals surface area (Å²) in [4.78, 5) is 14.8. The summed E-state index contributed by atoms with van der Waals surface area (Å²) in [7, 11) is 0. The predicted molar refractivity (Wildman–Crippen MR) is 73.7 cm³/mol. The molecule has 108 valence electrons. The lowest BCUT2D eigenvalue weighted by Crippen LogP contribution is -1.98. The summed E-state index contributed by atoms with van der Waals surface area (Å²) in [5.41, 5.74) is 0.752. The molecule has 0 bridgehead atoms. The van der Waals surface area contributed by atoms with Crippen molar-refractivity contribution in [3.05, 3.63) is 47.6 Å². The van der Waals surface area contributed by atoms with Gasteiger partial charge < -0.3 is 14.4 Å². The van der Waals surface area contributed by atoms with Crippen molar-refractivity contribution in [1.29, 1.82) is 0 Å². The van der Waals surface area contributed by atoms with Gasteiger partial charge in [0, 0.05) is 12.0 Å². The first kappa shape index (κ1) is 13.4. The summed E-state index contributed by atoms with van der Waals surface area (Å²) < 4.78 is 10.7. The molecule has 1 heterocycles. The molecule has 0 saturated heterocycles. The Morgan fingerprint density at radius 3 is 3.10 bits per heavy atom. The van der Waals surface area contributed by atoms with Crippen molar-refractivity contribution >= 4 is 12.0 Å². The SMILES string of the molecule is O=C(O)C=Cc1cccc(OCc2noc(C3CC3)n2)c1. The molecule has 1 aliphatic carbocycles. The second kappa shape index (κ2) is 5.78. The van der Waals surface area contributed by atoms with Crippen molar-refractivity contribution in [3.8, 4) is 5.75 Å². The van der Waals surface area contributed by atoms with Crippen LogP contribution >= 0.6 is 0 Å². The minimum atomic E-state index is -0.985. The molecule has 0 amide bonds. The van der Waals surface area contributed by atoms with Gasteiger partial charge >= 0.3 is 5.97 Å². The van der Waals surface area contributed by atoms with E-state index < -0.39 is 5.97 Å². The van der Waals surface area contributed by atoms with E-state index in [2.05, 4.69) is 10.1 Å². The second-order valence-corrected chi connectivity index (χ2v) is 4.86. The predicted octanol–water partition coefficient (Wildman–Crippen LogP) is 2.62. The number of carboxylic acids is 1. The number of aliphatic carboxylic acids is 1. The van der Waals surface area contributed by atoms with Crippen molar-refractivity contribution in [3.63, 3.8) is 0 Å². The minimum Gasteiger partial charge on any atom is -0.485 e. The fourth-order valence-corrected chi connectivity index (χ4v) is 1.85. The lowest BCUT2D eigenvalue weighted by atomic mass is 10.2. The average molecular weight is 286 g/mol. The fourth-order valence-electron chi connectivity index (χ4n) is 1.85. The van der Waals surface area contributed by atoms with Gasteiger partial charge in [-0.1, -0.05) is 17.3 Å². The summed E-state index contributed by atoms with van der Waals surface area (Å²) in [6, 6.07) is 7.13. The zero-order valence-corrected chi connectivity index (χ0v) is 11.2. The summed E-state index contributed by atoms with van der Waals surface area (Å²) >= 11 is 0. The van der Waals surface area contributed by atoms with Crippen LogP contribution in [0.4, 0.5) is 0 Å². The molecular formula is C15H14N2O4. The van der Waals surface area contributed by atoms with Gasteiger partial charge in [-0.2, -0.15) is 4.98 Å². The van der Waals surface area contributed by atoms with Crippen LogP contribution < -0.4 is 4.74 Å². The summed E-state index contributed by atoms with van der Waals surface area (Å²) in [5.74, 6) is 1.27. The van der Waals surface area contributed by atoms with Crippen LogP contribution in [0.15, 0.2) is 34.9 Å². The first-order chi connectivity index (χ1) is 10.2. The highest BCUT2D eigenvalue weighted by Gasteiger charge is 2.29. The van der Waals surface area contributed by atoms with E-state index in [1.54, 1.807) is 24.3 Å². The Kier molecular flexibility index (Phi) is 3.68. The normalized spacial score (nSPS) is 14.5. The molecule has 1 N–H and O–H groups in total. The van der Waals surface area contributed by atoms with Gasteiger partial charge in [0.05, 0.1) is 0 Å². The quantitative estimate of drug-likeness (QED) is 0.821. The van der Waals surface area contributed by atoms with E-state index in [-0.39, 0.29) is 6.61 Å². The Morgan fingerprint density at radius 2 is 2.33 bits per heavy atom. The van der Waals surface area contributed by atoms with Crippen LogP contribution in [0.1, 0.15) is 36.0 Å². The molecule has 6 heteroatoms. The number of carbonyl (C=O) groups is 1. The first-order valence-electron chi connectivity index (χ1n) is 6.67. The molecule has 0 spiro atoms. The van der Waals surface area contributed by atoms with Crippen LogP contribution in [0.3, 0.4) is 0 Å². The number of ether oxygens (including phenoxy) is 1. The van der Waals surface area contributed by atoms with Gasteiger partial charge in [-0.25, -0.2) is 4.79 Å². The van der Waals surface area contributed by atoms with Gasteiger partial charge in [0.15, 0.2) is 6.61 Å². The molecule has 1 saturated carbocycles. The number of hydrogen-bond acceptors (Lipinski definition) is 5. The zero-order chi connectivity index (χ0) is 14.7. The maximum atomic E-state index is 10.5. The Labute approximate surface area is 121 Å². The molecule has 0 unspecified atom stereocenters. The number of hydrogen-bond donors (Lipinski definition) is 1. The molecule has 3 rings (SSSR count). The van der Waals surface area contributed by atoms with E-state index in [4.69, 9.17) is 14.4 Å². The van der Waals surface area contributed by atoms with E-state index in [9.17, 15) is 4.79 Å². The minimum absolute atomic E-state index is 0.225. The standard InChI is InChI=1S/C15H14N2O4/c18-14(19)7-4-10-2-1-3-12(8-10)20-9-13-16-15(21-17-13)11-5-6-11/h1-4,7-8,11H,5-6,9H2,(H,18,19). The van der Waals surface area contributed by atoms with Crippen molar-refractivity contribution in [1.82, 2.24) is 10.1 Å². The van der Waals surface area contributed by atoms with Crippen LogP contribution in [-0.4, -0.2) is 21.2 Å². The molecule has 6 nitrogen and oxygen atoms in total. The zero-order valence-electron chi connectivity index (χ0n) is 11.2. The Hall–Kier alpha value is -2.63. The largest absolute Gasteiger partial charge is 0.485 e. The molecule has 0 atom stereocenters. The third-order valence-electron chi connectivity index (χ3n) is 3.05. The van der Waals surface area contributed by atoms with E-state index in [0.717, 1.165) is 24.5 Å². The van der Waals surface area contributed by atoms with Crippen molar-refractivity contribution in [2.24, 2.45) is 0 Å². The Balaban J connectivity index is 1.61. The molecule has 1 aromatic carbocycles. The van der Waals surface area contributed by atoms with Crippen LogP contribution in [0.2, 0.25) is 0 Å². The summed E-state index contributed by atoms with van der Waals surface area (Å²) in [6.45, 7) is 0.225. The van der Waals surface area contributed by atoms with Crippen LogP contribution in [0.5, 0.6) is 5.75 Å². The molecule has 2 aromatic rings. The monoisotopic (exact) mass is 286 g/mol. The highest BCUT2D eigenvalue weighted by molar-refractivity contribution is 5.85. The van der Waals surface area contributed by atoms with Crippen LogP contribution in [0.25, 0.3) is 6.08 Å². The van der Waals surface area contributed by atoms with E-state index in [1.807, 2.05) is 0 Å². The molecule has 0 radical (unpaired) electrons. The van der Waals surface area contributed by atoms with Gasteiger partial charge in [-0.05, 0) is 36.6 Å². The molecule has 1 aromatic heterocycles. The Bertz CT molecular complexity index is 674. The van der Waals surface area contributed by atoms with Gasteiger partial charge in [-0.3, -0.25) is 0 Å². The molecule has 1 aliphatic rings. The summed E-state index contributed by atoms with van der Waals surface area (Å²) in [6.07, 6.45) is 4.82. The molecular weight excluding hydrogens is 272 g/mol. The van der Waals surface area contributed by atoms with Crippen LogP contribution in [-0.2, 0) is 11.4 Å². The smallest absolute Gasteiger partial charge is 0.328 e. The fraction of sp³-hybridized carbons (Fsp3) is 0.267. The molecule has 0 aliphatic heterocycles. The second-order valence-electron chi connectivity index (χ2n) is 4.86. The molecule has 21 heavy (non-hydrogen) atoms. The van der Waals surface area contributed by atoms with Gasteiger partial charge in [0.1, 0.15) is 5.75 Å². The van der Waals surface area contributed by atoms with Crippen molar-refractivity contribution in [2.75, 3.05) is 0 Å². The van der Waals surface area contributed by atoms with Crippen molar-refractivity contribution < 1.29 is 19.2 Å². The Morgan fingerprint density at radius 1 is 1.48 bits per heavy atom. The maximum Gasteiger partial charge on any atom is 0.328 e. The number of nitrogens with zero attached hydrogens (tertiary/aromatic N) is 2. The summed E-state index contributed by atoms with van der Waals surface area (Å²) in [5, 5.41) is 12.5. The van der Waals surface area contributed by atoms with E-state index in [1.165, 1.54) is 6.08 Å². The lowest BCUT2D eigenvalue weighted by Gasteiger charge is -2.03. The van der Waals surface area contributed by atoms with Gasteiger partial charge in [0.25, 0.3) is 0 Å². The number of rotatable bonds is 6.